The fourth-order valence-electron chi connectivity index (χ4n) is 2.89. The molecular weight excluding hydrogens is 300 g/mol. The molecule has 1 aromatic carbocycles. The zero-order chi connectivity index (χ0) is 17.9. The number of H-pyrrole nitrogens is 1. The molecule has 0 spiro atoms. The second-order valence-corrected chi connectivity index (χ2v) is 7.02. The Kier molecular flexibility index (Phi) is 5.84. The topological polar surface area (TPSA) is 56.3 Å². The van der Waals surface area contributed by atoms with Crippen LogP contribution in [0.15, 0.2) is 30.0 Å². The first kappa shape index (κ1) is 18.3. The molecule has 130 valence electrons. The highest BCUT2D eigenvalue weighted by atomic mass is 16.4. The lowest BCUT2D eigenvalue weighted by molar-refractivity contribution is -0.138. The van der Waals surface area contributed by atoms with Crippen LogP contribution in [0, 0.1) is 0 Å². The molecule has 0 aliphatic carbocycles. The molecule has 1 unspecified atom stereocenters. The maximum Gasteiger partial charge on any atom is 0.310 e. The highest BCUT2D eigenvalue weighted by Gasteiger charge is 2.20. The molecule has 0 saturated carbocycles. The lowest BCUT2D eigenvalue weighted by Crippen LogP contribution is -2.15. The van der Waals surface area contributed by atoms with Gasteiger partial charge in [0, 0.05) is 23.6 Å². The molecule has 1 aromatic heterocycles. The van der Waals surface area contributed by atoms with Crippen molar-refractivity contribution in [1.29, 1.82) is 0 Å². The van der Waals surface area contributed by atoms with E-state index < -0.39 is 11.9 Å². The van der Waals surface area contributed by atoms with Gasteiger partial charge in [-0.25, -0.2) is 0 Å². The third-order valence-corrected chi connectivity index (χ3v) is 4.36. The predicted octanol–water partition coefficient (Wildman–Crippen LogP) is 3.97. The Labute approximate surface area is 144 Å². The van der Waals surface area contributed by atoms with Crippen molar-refractivity contribution in [3.63, 3.8) is 0 Å². The van der Waals surface area contributed by atoms with Gasteiger partial charge in [-0.2, -0.15) is 0 Å². The highest BCUT2D eigenvalue weighted by molar-refractivity contribution is 5.92. The Balaban J connectivity index is 2.53. The number of aromatic amines is 1. The van der Waals surface area contributed by atoms with Gasteiger partial charge in [0.2, 0.25) is 0 Å². The Hall–Kier alpha value is -2.07. The molecule has 2 rings (SSSR count). The van der Waals surface area contributed by atoms with Crippen LogP contribution >= 0.6 is 0 Å². The summed E-state index contributed by atoms with van der Waals surface area (Å²) in [7, 11) is 4.10. The fourth-order valence-corrected chi connectivity index (χ4v) is 2.89. The van der Waals surface area contributed by atoms with Gasteiger partial charge in [0.1, 0.15) is 0 Å². The van der Waals surface area contributed by atoms with Crippen molar-refractivity contribution in [2.75, 3.05) is 20.6 Å². The van der Waals surface area contributed by atoms with Crippen LogP contribution in [0.2, 0.25) is 0 Å². The first-order valence-corrected chi connectivity index (χ1v) is 8.43. The van der Waals surface area contributed by atoms with E-state index in [1.165, 1.54) is 11.1 Å². The standard InChI is InChI=1S/C20H28N2O2/c1-13(2)6-7-15-10-17(14(3)20(23)24)19-16(8-9-22(4)5)12-21-18(19)11-15/h6,10-12,14,21H,7-9H2,1-5H3,(H,23,24). The van der Waals surface area contributed by atoms with E-state index in [1.54, 1.807) is 6.92 Å². The van der Waals surface area contributed by atoms with E-state index in [-0.39, 0.29) is 0 Å². The average molecular weight is 328 g/mol. The van der Waals surface area contributed by atoms with Crippen LogP contribution in [0.25, 0.3) is 10.9 Å². The molecule has 1 atom stereocenters. The number of nitrogens with zero attached hydrogens (tertiary/aromatic N) is 1. The SMILES string of the molecule is CC(C)=CCc1cc(C(C)C(=O)O)c2c(CCN(C)C)c[nH]c2c1. The average Bonchev–Trinajstić information content (AvgIpc) is 2.92. The van der Waals surface area contributed by atoms with Crippen molar-refractivity contribution in [3.8, 4) is 0 Å². The first-order valence-electron chi connectivity index (χ1n) is 8.43. The van der Waals surface area contributed by atoms with E-state index in [1.807, 2.05) is 20.3 Å². The maximum absolute atomic E-state index is 11.6. The lowest BCUT2D eigenvalue weighted by atomic mass is 9.92. The zero-order valence-corrected chi connectivity index (χ0v) is 15.3. The molecule has 2 N–H and O–H groups in total. The van der Waals surface area contributed by atoms with Gasteiger partial charge in [-0.05, 0) is 70.5 Å². The maximum atomic E-state index is 11.6. The molecule has 0 saturated heterocycles. The fraction of sp³-hybridized carbons (Fsp3) is 0.450. The molecule has 2 aromatic rings. The largest absolute Gasteiger partial charge is 0.481 e. The molecule has 1 heterocycles. The number of aliphatic carboxylic acids is 1. The van der Waals surface area contributed by atoms with Crippen molar-refractivity contribution in [2.45, 2.75) is 39.5 Å². The number of carboxylic acid groups (broad SMARTS) is 1. The van der Waals surface area contributed by atoms with E-state index in [2.05, 4.69) is 41.9 Å². The number of likely N-dealkylation sites (N-methyl/N-ethyl adjacent to an activating group) is 1. The minimum Gasteiger partial charge on any atom is -0.481 e. The molecule has 0 radical (unpaired) electrons. The molecule has 0 aliphatic rings. The number of benzene rings is 1. The second kappa shape index (κ2) is 7.67. The van der Waals surface area contributed by atoms with Crippen molar-refractivity contribution in [1.82, 2.24) is 9.88 Å². The minimum absolute atomic E-state index is 0.520. The van der Waals surface area contributed by atoms with Gasteiger partial charge in [-0.1, -0.05) is 17.7 Å². The summed E-state index contributed by atoms with van der Waals surface area (Å²) < 4.78 is 0. The Bertz CT molecular complexity index is 752. The van der Waals surface area contributed by atoms with Crippen molar-refractivity contribution < 1.29 is 9.90 Å². The molecule has 4 nitrogen and oxygen atoms in total. The van der Waals surface area contributed by atoms with Crippen molar-refractivity contribution in [2.24, 2.45) is 0 Å². The number of hydrogen-bond acceptors (Lipinski definition) is 2. The quantitative estimate of drug-likeness (QED) is 0.756. The van der Waals surface area contributed by atoms with E-state index in [9.17, 15) is 9.90 Å². The first-order chi connectivity index (χ1) is 11.3. The summed E-state index contributed by atoms with van der Waals surface area (Å²) in [5.41, 5.74) is 5.54. The van der Waals surface area contributed by atoms with E-state index >= 15 is 0 Å². The highest BCUT2D eigenvalue weighted by Crippen LogP contribution is 2.31. The smallest absolute Gasteiger partial charge is 0.310 e. The number of nitrogens with one attached hydrogen (secondary N) is 1. The Morgan fingerprint density at radius 3 is 2.62 bits per heavy atom. The zero-order valence-electron chi connectivity index (χ0n) is 15.3. The van der Waals surface area contributed by atoms with Gasteiger partial charge < -0.3 is 15.0 Å². The Morgan fingerprint density at radius 2 is 2.04 bits per heavy atom. The van der Waals surface area contributed by atoms with E-state index in [0.717, 1.165) is 41.4 Å². The summed E-state index contributed by atoms with van der Waals surface area (Å²) in [6.45, 7) is 6.86. The molecule has 0 amide bonds. The minimum atomic E-state index is -0.782. The van der Waals surface area contributed by atoms with Crippen LogP contribution in [-0.4, -0.2) is 41.6 Å². The lowest BCUT2D eigenvalue weighted by Gasteiger charge is -2.14. The van der Waals surface area contributed by atoms with Crippen LogP contribution in [-0.2, 0) is 17.6 Å². The van der Waals surface area contributed by atoms with Gasteiger partial charge in [0.25, 0.3) is 0 Å². The van der Waals surface area contributed by atoms with E-state index in [0.29, 0.717) is 0 Å². The molecule has 24 heavy (non-hydrogen) atoms. The van der Waals surface area contributed by atoms with Gasteiger partial charge in [-0.15, -0.1) is 0 Å². The third-order valence-electron chi connectivity index (χ3n) is 4.36. The van der Waals surface area contributed by atoms with Crippen molar-refractivity contribution >= 4 is 16.9 Å². The number of aromatic nitrogens is 1. The third kappa shape index (κ3) is 4.26. The van der Waals surface area contributed by atoms with Gasteiger partial charge >= 0.3 is 5.97 Å². The monoisotopic (exact) mass is 328 g/mol. The number of hydrogen-bond donors (Lipinski definition) is 2. The molecule has 0 fully saturated rings. The number of allylic oxidation sites excluding steroid dienone is 2. The summed E-state index contributed by atoms with van der Waals surface area (Å²) in [6.07, 6.45) is 5.92. The Morgan fingerprint density at radius 1 is 1.33 bits per heavy atom. The van der Waals surface area contributed by atoms with Crippen LogP contribution in [0.5, 0.6) is 0 Å². The molecule has 0 bridgehead atoms. The normalized spacial score (nSPS) is 12.6. The molecule has 4 heteroatoms. The van der Waals surface area contributed by atoms with Gasteiger partial charge in [0.05, 0.1) is 5.92 Å². The van der Waals surface area contributed by atoms with Crippen molar-refractivity contribution in [3.05, 3.63) is 46.7 Å². The van der Waals surface area contributed by atoms with Crippen LogP contribution < -0.4 is 0 Å². The number of fused-ring (bicyclic) bond motifs is 1. The second-order valence-electron chi connectivity index (χ2n) is 7.02. The van der Waals surface area contributed by atoms with Crippen LogP contribution in [0.3, 0.4) is 0 Å². The number of carbonyl (C=O) groups is 1. The summed E-state index contributed by atoms with van der Waals surface area (Å²) in [5, 5.41) is 10.6. The summed E-state index contributed by atoms with van der Waals surface area (Å²) in [5.74, 6) is -1.30. The summed E-state index contributed by atoms with van der Waals surface area (Å²) >= 11 is 0. The molecule has 0 aliphatic heterocycles. The molecular formula is C20H28N2O2. The summed E-state index contributed by atoms with van der Waals surface area (Å²) in [6, 6.07) is 4.21. The predicted molar refractivity (Wildman–Crippen MR) is 99.7 cm³/mol. The summed E-state index contributed by atoms with van der Waals surface area (Å²) in [4.78, 5) is 17.1. The van der Waals surface area contributed by atoms with E-state index in [4.69, 9.17) is 0 Å². The number of rotatable bonds is 7. The van der Waals surface area contributed by atoms with Gasteiger partial charge in [-0.3, -0.25) is 4.79 Å². The van der Waals surface area contributed by atoms with Gasteiger partial charge in [0.15, 0.2) is 0 Å². The van der Waals surface area contributed by atoms with Crippen LogP contribution in [0.1, 0.15) is 43.4 Å². The van der Waals surface area contributed by atoms with Crippen LogP contribution in [0.4, 0.5) is 0 Å². The number of carboxylic acids is 1.